The van der Waals surface area contributed by atoms with Gasteiger partial charge in [-0.1, -0.05) is 48.5 Å². The molecule has 0 unspecified atom stereocenters. The van der Waals surface area contributed by atoms with Gasteiger partial charge in [-0.05, 0) is 76.0 Å². The lowest BCUT2D eigenvalue weighted by atomic mass is 9.94. The van der Waals surface area contributed by atoms with E-state index < -0.39 is 0 Å². The highest BCUT2D eigenvalue weighted by molar-refractivity contribution is 7.99. The van der Waals surface area contributed by atoms with E-state index in [1.54, 1.807) is 0 Å². The summed E-state index contributed by atoms with van der Waals surface area (Å²) in [6.07, 6.45) is 8.01. The monoisotopic (exact) mass is 586 g/mol. The Morgan fingerprint density at radius 2 is 1.78 bits per heavy atom. The van der Waals surface area contributed by atoms with Crippen LogP contribution in [0.4, 0.5) is 5.82 Å². The SMILES string of the molecule is CN(c1nc(C(=O)NC2CCSCC2)sc1-c1ccc(SNC(C)(C)C)c(Cl)c1Cl)C1CCCCC1. The summed E-state index contributed by atoms with van der Waals surface area (Å²) in [7, 11) is 2.10. The number of amides is 1. The van der Waals surface area contributed by atoms with Crippen LogP contribution in [0.15, 0.2) is 17.0 Å². The largest absolute Gasteiger partial charge is 0.355 e. The van der Waals surface area contributed by atoms with E-state index in [1.165, 1.54) is 42.5 Å². The number of carbonyl (C=O) groups excluding carboxylic acids is 1. The molecule has 1 aliphatic carbocycles. The molecule has 1 aromatic heterocycles. The molecule has 0 atom stereocenters. The molecular weight excluding hydrogens is 551 g/mol. The van der Waals surface area contributed by atoms with Gasteiger partial charge in [0.2, 0.25) is 0 Å². The van der Waals surface area contributed by atoms with E-state index in [0.29, 0.717) is 21.1 Å². The average molecular weight is 588 g/mol. The van der Waals surface area contributed by atoms with Crippen molar-refractivity contribution in [3.8, 4) is 10.4 Å². The number of thiazole rings is 1. The number of hydrogen-bond donors (Lipinski definition) is 2. The number of rotatable bonds is 7. The minimum atomic E-state index is -0.0924. The number of benzene rings is 1. The molecule has 1 amide bonds. The van der Waals surface area contributed by atoms with Crippen LogP contribution in [0, 0.1) is 0 Å². The van der Waals surface area contributed by atoms with Gasteiger partial charge in [-0.3, -0.25) is 9.52 Å². The van der Waals surface area contributed by atoms with Crippen LogP contribution in [0.2, 0.25) is 10.0 Å². The lowest BCUT2D eigenvalue weighted by Crippen LogP contribution is -2.37. The fourth-order valence-corrected chi connectivity index (χ4v) is 8.09. The molecule has 36 heavy (non-hydrogen) atoms. The molecule has 1 saturated heterocycles. The molecule has 2 aromatic rings. The second kappa shape index (κ2) is 12.5. The van der Waals surface area contributed by atoms with Crippen molar-refractivity contribution in [2.45, 2.75) is 88.2 Å². The Morgan fingerprint density at radius 3 is 2.44 bits per heavy atom. The van der Waals surface area contributed by atoms with Crippen molar-refractivity contribution in [3.05, 3.63) is 27.2 Å². The topological polar surface area (TPSA) is 57.3 Å². The summed E-state index contributed by atoms with van der Waals surface area (Å²) in [5, 5.41) is 4.72. The van der Waals surface area contributed by atoms with Crippen molar-refractivity contribution >= 4 is 70.0 Å². The number of anilines is 1. The van der Waals surface area contributed by atoms with Crippen LogP contribution in [-0.4, -0.2) is 47.1 Å². The minimum absolute atomic E-state index is 0.0635. The maximum atomic E-state index is 13.2. The third-order valence-electron chi connectivity index (χ3n) is 6.58. The van der Waals surface area contributed by atoms with E-state index in [1.807, 2.05) is 23.9 Å². The van der Waals surface area contributed by atoms with Gasteiger partial charge in [0.1, 0.15) is 5.82 Å². The molecule has 0 spiro atoms. The Hall–Kier alpha value is -0.640. The first-order valence-electron chi connectivity index (χ1n) is 12.7. The van der Waals surface area contributed by atoms with Gasteiger partial charge < -0.3 is 10.2 Å². The maximum absolute atomic E-state index is 13.2. The van der Waals surface area contributed by atoms with Gasteiger partial charge in [0.05, 0.1) is 14.9 Å². The lowest BCUT2D eigenvalue weighted by Gasteiger charge is -2.32. The van der Waals surface area contributed by atoms with Gasteiger partial charge in [0.15, 0.2) is 5.01 Å². The zero-order valence-electron chi connectivity index (χ0n) is 21.5. The molecule has 1 saturated carbocycles. The molecule has 5 nitrogen and oxygen atoms in total. The van der Waals surface area contributed by atoms with Crippen LogP contribution in [0.25, 0.3) is 10.4 Å². The van der Waals surface area contributed by atoms with Crippen molar-refractivity contribution in [2.75, 3.05) is 23.5 Å². The second-order valence-corrected chi connectivity index (χ2v) is 14.5. The van der Waals surface area contributed by atoms with Crippen molar-refractivity contribution in [2.24, 2.45) is 0 Å². The summed E-state index contributed by atoms with van der Waals surface area (Å²) in [6.45, 7) is 6.31. The average Bonchev–Trinajstić information content (AvgIpc) is 3.30. The second-order valence-electron chi connectivity index (χ2n) is 10.6. The van der Waals surface area contributed by atoms with Crippen LogP contribution < -0.4 is 14.9 Å². The van der Waals surface area contributed by atoms with E-state index in [-0.39, 0.29) is 17.5 Å². The van der Waals surface area contributed by atoms with Crippen molar-refractivity contribution in [1.82, 2.24) is 15.0 Å². The first kappa shape index (κ1) is 28.4. The molecule has 10 heteroatoms. The number of nitrogens with one attached hydrogen (secondary N) is 2. The maximum Gasteiger partial charge on any atom is 0.280 e. The number of hydrogen-bond acceptors (Lipinski definition) is 7. The van der Waals surface area contributed by atoms with E-state index >= 15 is 0 Å². The molecule has 4 rings (SSSR count). The Morgan fingerprint density at radius 1 is 1.08 bits per heavy atom. The first-order chi connectivity index (χ1) is 17.1. The number of nitrogens with zero attached hydrogens (tertiary/aromatic N) is 2. The zero-order valence-corrected chi connectivity index (χ0v) is 25.4. The zero-order chi connectivity index (χ0) is 25.9. The first-order valence-corrected chi connectivity index (χ1v) is 16.2. The van der Waals surface area contributed by atoms with Crippen molar-refractivity contribution < 1.29 is 4.79 Å². The van der Waals surface area contributed by atoms with Gasteiger partial charge in [-0.2, -0.15) is 11.8 Å². The van der Waals surface area contributed by atoms with Crippen LogP contribution >= 0.6 is 58.2 Å². The van der Waals surface area contributed by atoms with Gasteiger partial charge in [-0.15, -0.1) is 11.3 Å². The molecule has 1 aliphatic heterocycles. The molecule has 2 aliphatic rings. The van der Waals surface area contributed by atoms with Crippen LogP contribution in [0.5, 0.6) is 0 Å². The fourth-order valence-electron chi connectivity index (χ4n) is 4.55. The Labute approximate surface area is 238 Å². The van der Waals surface area contributed by atoms with Gasteiger partial charge >= 0.3 is 0 Å². The lowest BCUT2D eigenvalue weighted by molar-refractivity contribution is 0.0934. The third kappa shape index (κ3) is 7.06. The van der Waals surface area contributed by atoms with E-state index in [4.69, 9.17) is 28.2 Å². The molecule has 2 heterocycles. The van der Waals surface area contributed by atoms with Gasteiger partial charge in [-0.25, -0.2) is 4.98 Å². The highest BCUT2D eigenvalue weighted by atomic mass is 35.5. The predicted molar refractivity (Wildman–Crippen MR) is 159 cm³/mol. The van der Waals surface area contributed by atoms with Crippen LogP contribution in [0.3, 0.4) is 0 Å². The molecule has 0 bridgehead atoms. The number of halogens is 2. The Bertz CT molecular complexity index is 1060. The fraction of sp³-hybridized carbons (Fsp3) is 0.615. The summed E-state index contributed by atoms with van der Waals surface area (Å²) >= 11 is 18.5. The summed E-state index contributed by atoms with van der Waals surface area (Å²) in [6, 6.07) is 4.63. The molecular formula is C26H36Cl2N4OS3. The summed E-state index contributed by atoms with van der Waals surface area (Å²) in [5.74, 6) is 2.91. The summed E-state index contributed by atoms with van der Waals surface area (Å²) in [4.78, 5) is 22.2. The minimum Gasteiger partial charge on any atom is -0.355 e. The normalized spacial score (nSPS) is 17.8. The van der Waals surface area contributed by atoms with Crippen molar-refractivity contribution in [3.63, 3.8) is 0 Å². The van der Waals surface area contributed by atoms with E-state index in [9.17, 15) is 4.79 Å². The predicted octanol–water partition coefficient (Wildman–Crippen LogP) is 7.91. The highest BCUT2D eigenvalue weighted by Crippen LogP contribution is 2.45. The van der Waals surface area contributed by atoms with E-state index in [0.717, 1.165) is 58.3 Å². The molecule has 2 N–H and O–H groups in total. The van der Waals surface area contributed by atoms with E-state index in [2.05, 4.69) is 42.8 Å². The smallest absolute Gasteiger partial charge is 0.280 e. The van der Waals surface area contributed by atoms with Gasteiger partial charge in [0.25, 0.3) is 5.91 Å². The van der Waals surface area contributed by atoms with Crippen LogP contribution in [0.1, 0.15) is 75.5 Å². The summed E-state index contributed by atoms with van der Waals surface area (Å²) < 4.78 is 3.40. The van der Waals surface area contributed by atoms with Gasteiger partial charge in [0, 0.05) is 35.1 Å². The van der Waals surface area contributed by atoms with Crippen LogP contribution in [-0.2, 0) is 0 Å². The van der Waals surface area contributed by atoms with Crippen molar-refractivity contribution in [1.29, 1.82) is 0 Å². The Kier molecular flexibility index (Phi) is 9.83. The molecule has 2 fully saturated rings. The number of aromatic nitrogens is 1. The Balaban J connectivity index is 1.67. The molecule has 0 radical (unpaired) electrons. The summed E-state index contributed by atoms with van der Waals surface area (Å²) in [5.41, 5.74) is 0.761. The quantitative estimate of drug-likeness (QED) is 0.321. The standard InChI is InChI=1S/C26H36Cl2N4OS3/c1-26(2,3)31-36-19-11-10-18(20(27)21(19)28)22-23(32(4)17-8-6-5-7-9-17)30-25(35-22)24(33)29-16-12-14-34-15-13-16/h10-11,16-17,31H,5-9,12-15H2,1-4H3,(H,29,33). The molecule has 198 valence electrons. The number of carbonyl (C=O) groups is 1. The third-order valence-corrected chi connectivity index (χ3v) is 11.0. The number of thioether (sulfide) groups is 1. The highest BCUT2D eigenvalue weighted by Gasteiger charge is 2.28. The molecule has 1 aromatic carbocycles.